The van der Waals surface area contributed by atoms with Gasteiger partial charge in [-0.2, -0.15) is 0 Å². The summed E-state index contributed by atoms with van der Waals surface area (Å²) in [5, 5.41) is 0. The average Bonchev–Trinajstić information content (AvgIpc) is 3.34. The number of carbonyl (C=O) groups excluding carboxylic acids is 1. The molecule has 5 nitrogen and oxygen atoms in total. The molecule has 2 N–H and O–H groups in total. The van der Waals surface area contributed by atoms with E-state index in [9.17, 15) is 4.79 Å². The number of rotatable bonds is 3. The molecule has 5 fully saturated rings. The van der Waals surface area contributed by atoms with Crippen LogP contribution in [0.5, 0.6) is 0 Å². The maximum absolute atomic E-state index is 13.2. The predicted molar refractivity (Wildman–Crippen MR) is 152 cm³/mol. The predicted octanol–water partition coefficient (Wildman–Crippen LogP) is 7.09. The highest BCUT2D eigenvalue weighted by molar-refractivity contribution is 5.68. The van der Waals surface area contributed by atoms with Gasteiger partial charge < -0.3 is 20.1 Å². The van der Waals surface area contributed by atoms with Crippen LogP contribution in [0.4, 0.5) is 4.79 Å². The number of likely N-dealkylation sites (tertiary alicyclic amines) is 1. The fourth-order valence-corrected chi connectivity index (χ4v) is 10.7. The Bertz CT molecular complexity index is 949. The second kappa shape index (κ2) is 10.1. The molecule has 2 aliphatic heterocycles. The number of ether oxygens (including phenoxy) is 2. The third kappa shape index (κ3) is 4.28. The van der Waals surface area contributed by atoms with Crippen molar-refractivity contribution in [1.82, 2.24) is 4.90 Å². The van der Waals surface area contributed by atoms with Crippen LogP contribution in [0.1, 0.15) is 112 Å². The molecule has 1 spiro atoms. The number of fused-ring (bicyclic) bond motifs is 6. The van der Waals surface area contributed by atoms with Gasteiger partial charge in [0.1, 0.15) is 0 Å². The van der Waals surface area contributed by atoms with Gasteiger partial charge in [0, 0.05) is 18.5 Å². The van der Waals surface area contributed by atoms with E-state index in [0.29, 0.717) is 29.9 Å². The summed E-state index contributed by atoms with van der Waals surface area (Å²) < 4.78 is 12.9. The van der Waals surface area contributed by atoms with Gasteiger partial charge in [0.2, 0.25) is 0 Å². The van der Waals surface area contributed by atoms with Gasteiger partial charge in [0.05, 0.1) is 24.4 Å². The minimum Gasteiger partial charge on any atom is -0.449 e. The number of carbonyl (C=O) groups is 1. The van der Waals surface area contributed by atoms with Gasteiger partial charge in [-0.25, -0.2) is 4.79 Å². The second-order valence-electron chi connectivity index (χ2n) is 14.9. The summed E-state index contributed by atoms with van der Waals surface area (Å²) in [5.74, 6) is 4.03. The van der Waals surface area contributed by atoms with Gasteiger partial charge in [0.15, 0.2) is 0 Å². The molecule has 2 heterocycles. The number of unbranched alkanes of at least 4 members (excludes halogenated alkanes) is 1. The molecular formula is C33H54N2O3. The molecule has 0 aromatic heterocycles. The molecule has 38 heavy (non-hydrogen) atoms. The summed E-state index contributed by atoms with van der Waals surface area (Å²) in [6, 6.07) is 0.567. The van der Waals surface area contributed by atoms with Crippen molar-refractivity contribution in [3.05, 3.63) is 11.1 Å². The zero-order chi connectivity index (χ0) is 26.8. The average molecular weight is 527 g/mol. The Labute approximate surface area is 231 Å². The maximum atomic E-state index is 13.2. The second-order valence-corrected chi connectivity index (χ2v) is 14.9. The van der Waals surface area contributed by atoms with Gasteiger partial charge >= 0.3 is 6.09 Å². The molecule has 2 saturated heterocycles. The molecule has 0 bridgehead atoms. The highest BCUT2D eigenvalue weighted by Gasteiger charge is 2.60. The quantitative estimate of drug-likeness (QED) is 0.315. The number of allylic oxidation sites excluding steroid dienone is 1. The SMILES string of the molecule is CCCCOC(=O)N1C[C@@H](C)C[C@H]2O[C@]3(CC[C@@H]4C(=C(C)C3)C[C@H]3[C@H]4CC[C@@H]4C[C@H](N)CC[C@@]43C)[C@H](C)[C@@H]21. The highest BCUT2D eigenvalue weighted by Crippen LogP contribution is 2.65. The first kappa shape index (κ1) is 27.1. The number of piperidine rings is 1. The fourth-order valence-electron chi connectivity index (χ4n) is 10.7. The molecule has 0 aromatic rings. The molecule has 6 rings (SSSR count). The Balaban J connectivity index is 1.23. The lowest BCUT2D eigenvalue weighted by atomic mass is 9.52. The van der Waals surface area contributed by atoms with Crippen LogP contribution in [0, 0.1) is 40.9 Å². The summed E-state index contributed by atoms with van der Waals surface area (Å²) in [7, 11) is 0. The summed E-state index contributed by atoms with van der Waals surface area (Å²) in [6.07, 6.45) is 14.4. The maximum Gasteiger partial charge on any atom is 0.410 e. The van der Waals surface area contributed by atoms with E-state index in [4.69, 9.17) is 15.2 Å². The lowest BCUT2D eigenvalue weighted by molar-refractivity contribution is -0.0801. The zero-order valence-corrected chi connectivity index (χ0v) is 24.8. The summed E-state index contributed by atoms with van der Waals surface area (Å²) in [6.45, 7) is 13.2. The van der Waals surface area contributed by atoms with Crippen LogP contribution >= 0.6 is 0 Å². The first-order valence-corrected chi connectivity index (χ1v) is 16.2. The van der Waals surface area contributed by atoms with Crippen LogP contribution < -0.4 is 5.73 Å². The monoisotopic (exact) mass is 526 g/mol. The number of nitrogens with zero attached hydrogens (tertiary/aromatic N) is 1. The van der Waals surface area contributed by atoms with Crippen molar-refractivity contribution in [1.29, 1.82) is 0 Å². The molecule has 4 aliphatic carbocycles. The lowest BCUT2D eigenvalue weighted by Crippen LogP contribution is -2.54. The Kier molecular flexibility index (Phi) is 7.20. The van der Waals surface area contributed by atoms with Crippen molar-refractivity contribution in [2.24, 2.45) is 46.7 Å². The smallest absolute Gasteiger partial charge is 0.410 e. The van der Waals surface area contributed by atoms with Crippen LogP contribution in [-0.4, -0.2) is 47.9 Å². The van der Waals surface area contributed by atoms with E-state index in [-0.39, 0.29) is 23.8 Å². The number of nitrogens with two attached hydrogens (primary N) is 1. The molecular weight excluding hydrogens is 472 g/mol. The molecule has 3 saturated carbocycles. The van der Waals surface area contributed by atoms with Gasteiger partial charge in [-0.05, 0) is 113 Å². The molecule has 11 atom stereocenters. The van der Waals surface area contributed by atoms with Crippen molar-refractivity contribution in [3.63, 3.8) is 0 Å². The minimum absolute atomic E-state index is 0.117. The van der Waals surface area contributed by atoms with Crippen LogP contribution in [0.25, 0.3) is 0 Å². The largest absolute Gasteiger partial charge is 0.449 e. The van der Waals surface area contributed by atoms with Crippen molar-refractivity contribution < 1.29 is 14.3 Å². The van der Waals surface area contributed by atoms with E-state index in [1.807, 2.05) is 0 Å². The Morgan fingerprint density at radius 3 is 2.76 bits per heavy atom. The third-order valence-electron chi connectivity index (χ3n) is 12.8. The molecule has 0 radical (unpaired) electrons. The van der Waals surface area contributed by atoms with E-state index in [1.165, 1.54) is 44.9 Å². The summed E-state index contributed by atoms with van der Waals surface area (Å²) in [4.78, 5) is 15.3. The van der Waals surface area contributed by atoms with E-state index in [1.54, 1.807) is 11.1 Å². The van der Waals surface area contributed by atoms with Crippen LogP contribution in [0.2, 0.25) is 0 Å². The van der Waals surface area contributed by atoms with Gasteiger partial charge in [0.25, 0.3) is 0 Å². The standard InChI is InChI=1S/C33H54N2O3/c1-6-7-14-37-31(36)35-19-20(2)15-29-30(35)22(4)33(38-29)13-11-25-26-9-8-23-16-24(34)10-12-32(23,5)28(26)17-27(25)21(3)18-33/h20,22-26,28-30H,6-19,34H2,1-5H3/t20-,22+,23+,24+,25-,26-,28-,29+,30-,32-,33-/m0/s1. The van der Waals surface area contributed by atoms with E-state index < -0.39 is 0 Å². The number of amides is 1. The number of hydrogen-bond acceptors (Lipinski definition) is 4. The molecule has 214 valence electrons. The van der Waals surface area contributed by atoms with E-state index in [2.05, 4.69) is 39.5 Å². The molecule has 5 heteroatoms. The normalized spacial score (nSPS) is 48.3. The van der Waals surface area contributed by atoms with Crippen LogP contribution in [0.15, 0.2) is 11.1 Å². The lowest BCUT2D eigenvalue weighted by Gasteiger charge is -2.54. The summed E-state index contributed by atoms with van der Waals surface area (Å²) in [5.41, 5.74) is 10.2. The Hall–Kier alpha value is -1.07. The van der Waals surface area contributed by atoms with Crippen molar-refractivity contribution in [3.8, 4) is 0 Å². The molecule has 1 amide bonds. The minimum atomic E-state index is -0.142. The van der Waals surface area contributed by atoms with Crippen LogP contribution in [-0.2, 0) is 9.47 Å². The zero-order valence-electron chi connectivity index (χ0n) is 24.8. The highest BCUT2D eigenvalue weighted by atomic mass is 16.6. The van der Waals surface area contributed by atoms with Gasteiger partial charge in [-0.1, -0.05) is 45.3 Å². The van der Waals surface area contributed by atoms with Crippen molar-refractivity contribution in [2.45, 2.75) is 135 Å². The molecule has 6 aliphatic rings. The summed E-state index contributed by atoms with van der Waals surface area (Å²) >= 11 is 0. The van der Waals surface area contributed by atoms with E-state index >= 15 is 0 Å². The first-order valence-electron chi connectivity index (χ1n) is 16.2. The third-order valence-corrected chi connectivity index (χ3v) is 12.8. The first-order chi connectivity index (χ1) is 18.2. The van der Waals surface area contributed by atoms with E-state index in [0.717, 1.165) is 62.3 Å². The topological polar surface area (TPSA) is 64.8 Å². The van der Waals surface area contributed by atoms with Gasteiger partial charge in [-0.3, -0.25) is 0 Å². The molecule has 0 aromatic carbocycles. The van der Waals surface area contributed by atoms with Crippen molar-refractivity contribution in [2.75, 3.05) is 13.2 Å². The molecule has 0 unspecified atom stereocenters. The fraction of sp³-hybridized carbons (Fsp3) is 0.909. The Morgan fingerprint density at radius 2 is 1.97 bits per heavy atom. The van der Waals surface area contributed by atoms with Crippen molar-refractivity contribution >= 4 is 6.09 Å². The number of hydrogen-bond donors (Lipinski definition) is 1. The van der Waals surface area contributed by atoms with Crippen LogP contribution in [0.3, 0.4) is 0 Å². The van der Waals surface area contributed by atoms with Gasteiger partial charge in [-0.15, -0.1) is 0 Å². The Morgan fingerprint density at radius 1 is 1.16 bits per heavy atom.